The van der Waals surface area contributed by atoms with Crippen molar-refractivity contribution in [2.45, 2.75) is 101 Å². The van der Waals surface area contributed by atoms with Crippen LogP contribution in [-0.4, -0.2) is 103 Å². The number of carbonyl (C=O) groups excluding carboxylic acids is 1. The molecule has 0 aliphatic carbocycles. The van der Waals surface area contributed by atoms with Crippen molar-refractivity contribution in [3.8, 4) is 0 Å². The Hall–Kier alpha value is -1.16. The van der Waals surface area contributed by atoms with Gasteiger partial charge in [0, 0.05) is 56.3 Å². The van der Waals surface area contributed by atoms with Gasteiger partial charge in [-0.25, -0.2) is 9.98 Å². The van der Waals surface area contributed by atoms with Gasteiger partial charge < -0.3 is 16.0 Å². The monoisotopic (exact) mass is 531 g/mol. The van der Waals surface area contributed by atoms with Gasteiger partial charge in [-0.05, 0) is 88.9 Å². The Morgan fingerprint density at radius 1 is 1.00 bits per heavy atom. The summed E-state index contributed by atoms with van der Waals surface area (Å²) in [6.45, 7) is 6.17. The van der Waals surface area contributed by atoms with Gasteiger partial charge in [-0.1, -0.05) is 12.8 Å². The van der Waals surface area contributed by atoms with Crippen molar-refractivity contribution >= 4 is 29.8 Å². The molecule has 0 radical (unpaired) electrons. The molecule has 5 heterocycles. The normalized spacial score (nSPS) is 31.5. The first-order valence-corrected chi connectivity index (χ1v) is 16.4. The van der Waals surface area contributed by atoms with E-state index in [-0.39, 0.29) is 18.0 Å². The number of hydrogen-bond acceptors (Lipinski definition) is 8. The van der Waals surface area contributed by atoms with E-state index < -0.39 is 0 Å². The summed E-state index contributed by atoms with van der Waals surface area (Å²) in [5, 5.41) is 10.5. The summed E-state index contributed by atoms with van der Waals surface area (Å²) in [5.41, 5.74) is 0. The van der Waals surface area contributed by atoms with E-state index in [1.807, 2.05) is 0 Å². The van der Waals surface area contributed by atoms with E-state index in [0.29, 0.717) is 18.1 Å². The number of thioether (sulfide) groups is 1. The number of likely N-dealkylation sites (tertiary alicyclic amines) is 2. The molecule has 0 aromatic heterocycles. The van der Waals surface area contributed by atoms with E-state index in [0.717, 1.165) is 70.8 Å². The van der Waals surface area contributed by atoms with E-state index in [1.165, 1.54) is 63.0 Å². The van der Waals surface area contributed by atoms with Crippen molar-refractivity contribution in [2.75, 3.05) is 50.8 Å². The van der Waals surface area contributed by atoms with Crippen LogP contribution in [0.3, 0.4) is 0 Å². The van der Waals surface area contributed by atoms with Gasteiger partial charge in [0.15, 0.2) is 0 Å². The molecule has 3 atom stereocenters. The van der Waals surface area contributed by atoms with Gasteiger partial charge >= 0.3 is 0 Å². The Morgan fingerprint density at radius 2 is 1.78 bits per heavy atom. The number of carbonyl (C=O) groups is 1. The molecule has 5 rings (SSSR count). The molecular weight excluding hydrogens is 482 g/mol. The molecule has 5 aliphatic rings. The zero-order valence-electron chi connectivity index (χ0n) is 22.7. The third kappa shape index (κ3) is 7.70. The predicted octanol–water partition coefficient (Wildman–Crippen LogP) is 2.84. The smallest absolute Gasteiger partial charge is 0.223 e. The van der Waals surface area contributed by atoms with Crippen molar-refractivity contribution in [2.24, 2.45) is 15.9 Å². The average Bonchev–Trinajstić information content (AvgIpc) is 3.25. The fourth-order valence-corrected chi connectivity index (χ4v) is 8.07. The molecule has 3 N–H and O–H groups in total. The molecule has 4 saturated heterocycles. The molecule has 8 nitrogen and oxygen atoms in total. The van der Waals surface area contributed by atoms with Crippen LogP contribution in [0.2, 0.25) is 0 Å². The van der Waals surface area contributed by atoms with Crippen LogP contribution in [0.25, 0.3) is 0 Å². The molecule has 4 fully saturated rings. The van der Waals surface area contributed by atoms with Crippen molar-refractivity contribution < 1.29 is 4.79 Å². The first-order chi connectivity index (χ1) is 18.3. The highest BCUT2D eigenvalue weighted by Gasteiger charge is 2.37. The number of hydrogen-bond donors (Lipinski definition) is 3. The molecule has 0 bridgehead atoms. The molecule has 0 unspecified atom stereocenters. The van der Waals surface area contributed by atoms with Gasteiger partial charge in [0.05, 0.1) is 0 Å². The predicted molar refractivity (Wildman–Crippen MR) is 155 cm³/mol. The molecule has 0 aromatic rings. The molecule has 0 aromatic carbocycles. The molecule has 0 spiro atoms. The Bertz CT molecular complexity index is 772. The number of nitrogens with one attached hydrogen (secondary N) is 3. The summed E-state index contributed by atoms with van der Waals surface area (Å²) in [6, 6.07) is 1.40. The van der Waals surface area contributed by atoms with Crippen LogP contribution in [0.1, 0.15) is 77.0 Å². The average molecular weight is 532 g/mol. The SMILES string of the molecule is O=C(NCC[C@@H]1[C@@H](NC2=N[C@@H](N3CCCCCC3)CC=N2)CCCN1C1CCSCC1)C1CCNCC1. The number of amides is 1. The Labute approximate surface area is 228 Å². The maximum atomic E-state index is 12.8. The summed E-state index contributed by atoms with van der Waals surface area (Å²) in [7, 11) is 0. The van der Waals surface area contributed by atoms with Crippen molar-refractivity contribution in [3.63, 3.8) is 0 Å². The minimum absolute atomic E-state index is 0.176. The van der Waals surface area contributed by atoms with E-state index in [2.05, 4.69) is 43.7 Å². The van der Waals surface area contributed by atoms with Gasteiger partial charge in [-0.15, -0.1) is 0 Å². The minimum atomic E-state index is 0.176. The fraction of sp³-hybridized carbons (Fsp3) is 0.893. The molecule has 5 aliphatic heterocycles. The first kappa shape index (κ1) is 27.4. The number of rotatable bonds is 7. The van der Waals surface area contributed by atoms with Crippen molar-refractivity contribution in [1.29, 1.82) is 0 Å². The molecular formula is C28H49N7OS. The Kier molecular flexibility index (Phi) is 10.6. The molecule has 1 amide bonds. The molecule has 37 heavy (non-hydrogen) atoms. The zero-order valence-corrected chi connectivity index (χ0v) is 23.5. The molecule has 9 heteroatoms. The third-order valence-corrected chi connectivity index (χ3v) is 10.2. The van der Waals surface area contributed by atoms with Crippen LogP contribution in [0, 0.1) is 5.92 Å². The number of nitrogens with zero attached hydrogens (tertiary/aromatic N) is 4. The largest absolute Gasteiger partial charge is 0.356 e. The highest BCUT2D eigenvalue weighted by molar-refractivity contribution is 7.99. The van der Waals surface area contributed by atoms with E-state index in [9.17, 15) is 4.79 Å². The second kappa shape index (κ2) is 14.3. The van der Waals surface area contributed by atoms with Gasteiger partial charge in [0.1, 0.15) is 6.17 Å². The first-order valence-electron chi connectivity index (χ1n) is 15.2. The van der Waals surface area contributed by atoms with Gasteiger partial charge in [-0.2, -0.15) is 11.8 Å². The van der Waals surface area contributed by atoms with Crippen LogP contribution in [0.15, 0.2) is 9.98 Å². The van der Waals surface area contributed by atoms with Crippen LogP contribution in [-0.2, 0) is 4.79 Å². The molecule has 0 saturated carbocycles. The number of guanidine groups is 1. The lowest BCUT2D eigenvalue weighted by Gasteiger charge is -2.47. The third-order valence-electron chi connectivity index (χ3n) is 9.11. The van der Waals surface area contributed by atoms with Crippen molar-refractivity contribution in [1.82, 2.24) is 25.8 Å². The second-order valence-electron chi connectivity index (χ2n) is 11.6. The van der Waals surface area contributed by atoms with Crippen LogP contribution in [0.4, 0.5) is 0 Å². The quantitative estimate of drug-likeness (QED) is 0.469. The maximum absolute atomic E-state index is 12.8. The molecule has 208 valence electrons. The van der Waals surface area contributed by atoms with E-state index in [4.69, 9.17) is 9.98 Å². The summed E-state index contributed by atoms with van der Waals surface area (Å²) >= 11 is 2.10. The number of piperidine rings is 2. The van der Waals surface area contributed by atoms with E-state index >= 15 is 0 Å². The summed E-state index contributed by atoms with van der Waals surface area (Å²) < 4.78 is 0. The number of aliphatic imine (C=N–C) groups is 2. The van der Waals surface area contributed by atoms with Crippen LogP contribution >= 0.6 is 11.8 Å². The summed E-state index contributed by atoms with van der Waals surface area (Å²) in [4.78, 5) is 28.0. The Balaban J connectivity index is 1.23. The zero-order chi connectivity index (χ0) is 25.3. The topological polar surface area (TPSA) is 84.4 Å². The maximum Gasteiger partial charge on any atom is 0.223 e. The van der Waals surface area contributed by atoms with Crippen molar-refractivity contribution in [3.05, 3.63) is 0 Å². The van der Waals surface area contributed by atoms with Gasteiger partial charge in [-0.3, -0.25) is 14.6 Å². The van der Waals surface area contributed by atoms with E-state index in [1.54, 1.807) is 0 Å². The minimum Gasteiger partial charge on any atom is -0.356 e. The summed E-state index contributed by atoms with van der Waals surface area (Å²) in [6.07, 6.45) is 16.3. The lowest BCUT2D eigenvalue weighted by atomic mass is 9.90. The lowest BCUT2D eigenvalue weighted by molar-refractivity contribution is -0.125. The van der Waals surface area contributed by atoms with Crippen LogP contribution in [0.5, 0.6) is 0 Å². The summed E-state index contributed by atoms with van der Waals surface area (Å²) in [5.74, 6) is 3.80. The van der Waals surface area contributed by atoms with Gasteiger partial charge in [0.25, 0.3) is 0 Å². The lowest BCUT2D eigenvalue weighted by Crippen LogP contribution is -2.59. The highest BCUT2D eigenvalue weighted by Crippen LogP contribution is 2.30. The fourth-order valence-electron chi connectivity index (χ4n) is 6.99. The highest BCUT2D eigenvalue weighted by atomic mass is 32.2. The van der Waals surface area contributed by atoms with Crippen LogP contribution < -0.4 is 16.0 Å². The van der Waals surface area contributed by atoms with Gasteiger partial charge in [0.2, 0.25) is 11.9 Å². The second-order valence-corrected chi connectivity index (χ2v) is 12.8. The Morgan fingerprint density at radius 3 is 2.57 bits per heavy atom. The standard InChI is InChI=1S/C28H49N7OS/c36-27(22-7-13-29-14-8-22)30-15-9-25-24(6-5-19-35(25)23-11-20-37-21-12-23)32-28-31-16-10-26(33-28)34-17-3-1-2-4-18-34/h16,22-26,29H,1-15,17-21H2,(H,30,36)(H,32,33)/t24-,25+,26-/m0/s1.